The van der Waals surface area contributed by atoms with Crippen LogP contribution in [0.1, 0.15) is 24.6 Å². The summed E-state index contributed by atoms with van der Waals surface area (Å²) in [7, 11) is 1.60. The second kappa shape index (κ2) is 4.49. The predicted molar refractivity (Wildman–Crippen MR) is 71.2 cm³/mol. The molecule has 2 aromatic heterocycles. The van der Waals surface area contributed by atoms with Gasteiger partial charge in [-0.25, -0.2) is 9.97 Å². The maximum absolute atomic E-state index is 5.21. The van der Waals surface area contributed by atoms with Crippen molar-refractivity contribution in [3.8, 4) is 17.1 Å². The van der Waals surface area contributed by atoms with Crippen molar-refractivity contribution < 1.29 is 4.74 Å². The summed E-state index contributed by atoms with van der Waals surface area (Å²) in [6, 6.07) is 5.66. The number of methoxy groups -OCH3 is 1. The first kappa shape index (κ1) is 11.3. The van der Waals surface area contributed by atoms with E-state index in [4.69, 9.17) is 17.0 Å². The van der Waals surface area contributed by atoms with Gasteiger partial charge in [0.05, 0.1) is 12.8 Å². The summed E-state index contributed by atoms with van der Waals surface area (Å²) >= 11 is 5.21. The molecule has 0 unspecified atom stereocenters. The Morgan fingerprint density at radius 1 is 1.39 bits per heavy atom. The number of rotatable bonds is 3. The lowest BCUT2D eigenvalue weighted by Crippen LogP contribution is -1.96. The highest BCUT2D eigenvalue weighted by atomic mass is 32.1. The van der Waals surface area contributed by atoms with Crippen molar-refractivity contribution in [2.45, 2.75) is 18.8 Å². The summed E-state index contributed by atoms with van der Waals surface area (Å²) in [5, 5.41) is 0. The molecule has 5 heteroatoms. The first-order valence-electron chi connectivity index (χ1n) is 5.88. The van der Waals surface area contributed by atoms with Crippen LogP contribution in [0, 0.1) is 4.64 Å². The highest BCUT2D eigenvalue weighted by Gasteiger charge is 2.26. The van der Waals surface area contributed by atoms with Crippen molar-refractivity contribution in [3.63, 3.8) is 0 Å². The fraction of sp³-hybridized carbons (Fsp3) is 0.308. The smallest absolute Gasteiger partial charge is 0.212 e. The Morgan fingerprint density at radius 3 is 2.83 bits per heavy atom. The molecule has 0 aromatic carbocycles. The number of aromatic nitrogens is 3. The molecule has 0 radical (unpaired) electrons. The van der Waals surface area contributed by atoms with Crippen molar-refractivity contribution in [1.82, 2.24) is 15.0 Å². The van der Waals surface area contributed by atoms with Gasteiger partial charge in [-0.1, -0.05) is 12.2 Å². The van der Waals surface area contributed by atoms with Crippen molar-refractivity contribution in [1.29, 1.82) is 0 Å². The first-order valence-corrected chi connectivity index (χ1v) is 6.29. The van der Waals surface area contributed by atoms with Gasteiger partial charge in [-0.2, -0.15) is 0 Å². The van der Waals surface area contributed by atoms with E-state index in [1.165, 1.54) is 12.8 Å². The lowest BCUT2D eigenvalue weighted by atomic mass is 10.2. The number of ether oxygens (including phenoxy) is 1. The summed E-state index contributed by atoms with van der Waals surface area (Å²) in [5.41, 5.74) is 1.96. The molecular formula is C13H13N3OS. The van der Waals surface area contributed by atoms with Crippen molar-refractivity contribution >= 4 is 12.2 Å². The fourth-order valence-corrected chi connectivity index (χ4v) is 2.06. The third kappa shape index (κ3) is 2.26. The van der Waals surface area contributed by atoms with Gasteiger partial charge in [-0.3, -0.25) is 0 Å². The Balaban J connectivity index is 2.01. The molecule has 2 aromatic rings. The van der Waals surface area contributed by atoms with Gasteiger partial charge in [-0.05, 0) is 25.0 Å². The van der Waals surface area contributed by atoms with Crippen LogP contribution < -0.4 is 4.74 Å². The van der Waals surface area contributed by atoms with E-state index in [1.54, 1.807) is 13.3 Å². The quantitative estimate of drug-likeness (QED) is 0.861. The van der Waals surface area contributed by atoms with Crippen LogP contribution in [0.5, 0.6) is 5.88 Å². The molecule has 0 amide bonds. The molecule has 1 N–H and O–H groups in total. The normalized spacial score (nSPS) is 14.5. The van der Waals surface area contributed by atoms with E-state index in [-0.39, 0.29) is 0 Å². The van der Waals surface area contributed by atoms with E-state index in [0.29, 0.717) is 16.4 Å². The highest BCUT2D eigenvalue weighted by Crippen LogP contribution is 2.38. The van der Waals surface area contributed by atoms with Crippen molar-refractivity contribution in [3.05, 3.63) is 34.9 Å². The van der Waals surface area contributed by atoms with Gasteiger partial charge in [0.15, 0.2) is 0 Å². The number of nitrogens with one attached hydrogen (secondary N) is 1. The summed E-state index contributed by atoms with van der Waals surface area (Å²) in [5.74, 6) is 2.15. The highest BCUT2D eigenvalue weighted by molar-refractivity contribution is 7.71. The monoisotopic (exact) mass is 259 g/mol. The minimum Gasteiger partial charge on any atom is -0.481 e. The van der Waals surface area contributed by atoms with E-state index in [0.717, 1.165) is 17.1 Å². The van der Waals surface area contributed by atoms with E-state index in [9.17, 15) is 0 Å². The molecule has 1 aliphatic carbocycles. The van der Waals surface area contributed by atoms with Crippen LogP contribution in [0.2, 0.25) is 0 Å². The predicted octanol–water partition coefficient (Wildman–Crippen LogP) is 3.09. The minimum absolute atomic E-state index is 0.554. The fourth-order valence-electron chi connectivity index (χ4n) is 1.84. The zero-order valence-corrected chi connectivity index (χ0v) is 10.8. The molecule has 2 heterocycles. The van der Waals surface area contributed by atoms with Crippen LogP contribution in [-0.2, 0) is 0 Å². The zero-order valence-electron chi connectivity index (χ0n) is 10.0. The second-order valence-corrected chi connectivity index (χ2v) is 4.80. The summed E-state index contributed by atoms with van der Waals surface area (Å²) in [6.07, 6.45) is 4.17. The molecule has 1 fully saturated rings. The second-order valence-electron chi connectivity index (χ2n) is 4.38. The topological polar surface area (TPSA) is 50.8 Å². The van der Waals surface area contributed by atoms with E-state index in [1.807, 2.05) is 18.2 Å². The Bertz CT molecular complexity index is 617. The van der Waals surface area contributed by atoms with Crippen molar-refractivity contribution in [2.24, 2.45) is 0 Å². The third-order valence-corrected chi connectivity index (χ3v) is 3.19. The molecule has 4 nitrogen and oxygen atoms in total. The Kier molecular flexibility index (Phi) is 2.83. The number of hydrogen-bond acceptors (Lipinski definition) is 4. The number of H-pyrrole nitrogens is 1. The van der Waals surface area contributed by atoms with Gasteiger partial charge in [-0.15, -0.1) is 0 Å². The van der Waals surface area contributed by atoms with Gasteiger partial charge >= 0.3 is 0 Å². The van der Waals surface area contributed by atoms with Crippen LogP contribution >= 0.6 is 12.2 Å². The number of hydrogen-bond donors (Lipinski definition) is 1. The van der Waals surface area contributed by atoms with Crippen LogP contribution in [-0.4, -0.2) is 22.1 Å². The van der Waals surface area contributed by atoms with Crippen LogP contribution in [0.25, 0.3) is 11.3 Å². The SMILES string of the molecule is COc1ccc(-c2cc(=S)nc(C3CC3)[nH]2)cn1. The summed E-state index contributed by atoms with van der Waals surface area (Å²) in [6.45, 7) is 0. The number of pyridine rings is 1. The molecule has 92 valence electrons. The van der Waals surface area contributed by atoms with Gasteiger partial charge in [0, 0.05) is 23.7 Å². The zero-order chi connectivity index (χ0) is 12.5. The van der Waals surface area contributed by atoms with Gasteiger partial charge < -0.3 is 9.72 Å². The minimum atomic E-state index is 0.554. The Hall–Kier alpha value is -1.75. The molecular weight excluding hydrogens is 246 g/mol. The molecule has 1 saturated carbocycles. The molecule has 18 heavy (non-hydrogen) atoms. The summed E-state index contributed by atoms with van der Waals surface area (Å²) < 4.78 is 5.67. The third-order valence-electron chi connectivity index (χ3n) is 2.98. The van der Waals surface area contributed by atoms with Gasteiger partial charge in [0.2, 0.25) is 5.88 Å². The molecule has 0 saturated heterocycles. The van der Waals surface area contributed by atoms with Crippen molar-refractivity contribution in [2.75, 3.05) is 7.11 Å². The Labute approximate surface area is 110 Å². The molecule has 0 atom stereocenters. The van der Waals surface area contributed by atoms with Gasteiger partial charge in [0.1, 0.15) is 10.5 Å². The van der Waals surface area contributed by atoms with Crippen LogP contribution in [0.3, 0.4) is 0 Å². The van der Waals surface area contributed by atoms with Crippen LogP contribution in [0.4, 0.5) is 0 Å². The number of aromatic amines is 1. The lowest BCUT2D eigenvalue weighted by Gasteiger charge is -2.05. The van der Waals surface area contributed by atoms with Gasteiger partial charge in [0.25, 0.3) is 0 Å². The van der Waals surface area contributed by atoms with E-state index < -0.39 is 0 Å². The average Bonchev–Trinajstić information content (AvgIpc) is 3.22. The van der Waals surface area contributed by atoms with Crippen LogP contribution in [0.15, 0.2) is 24.4 Å². The standard InChI is InChI=1S/C13H13N3OS/c1-17-11-5-4-9(7-14-11)10-6-12(18)16-13(15-10)8-2-3-8/h4-8H,2-3H2,1H3,(H,15,16,18). The molecule has 3 rings (SSSR count). The molecule has 0 aliphatic heterocycles. The largest absolute Gasteiger partial charge is 0.481 e. The first-order chi connectivity index (χ1) is 8.76. The summed E-state index contributed by atoms with van der Waals surface area (Å²) in [4.78, 5) is 11.9. The van der Waals surface area contributed by atoms with E-state index >= 15 is 0 Å². The molecule has 1 aliphatic rings. The Morgan fingerprint density at radius 2 is 2.22 bits per heavy atom. The maximum Gasteiger partial charge on any atom is 0.212 e. The average molecular weight is 259 g/mol. The number of nitrogens with zero attached hydrogens (tertiary/aromatic N) is 2. The molecule has 0 spiro atoms. The lowest BCUT2D eigenvalue weighted by molar-refractivity contribution is 0.398. The molecule has 0 bridgehead atoms. The van der Waals surface area contributed by atoms with E-state index in [2.05, 4.69) is 15.0 Å². The maximum atomic E-state index is 5.21.